The summed E-state index contributed by atoms with van der Waals surface area (Å²) in [4.78, 5) is 0. The minimum absolute atomic E-state index is 0. The molecule has 0 aliphatic heterocycles. The monoisotopic (exact) mass is 290 g/mol. The second-order valence-electron chi connectivity index (χ2n) is 1.62. The Hall–Kier alpha value is 1.18. The standard InChI is InChI=1S/C4H8.Ba.H2O4S/c1-4(2)3;;1-5(2,3)4/h1H2,2-3H3;;(H2,1,2,3,4)/q;+2;/p-2. The molecule has 0 amide bonds. The molecule has 0 aromatic carbocycles. The molecule has 4 nitrogen and oxygen atoms in total. The Morgan fingerprint density at radius 1 is 1.30 bits per heavy atom. The molecule has 0 heterocycles. The number of hydrogen-bond acceptors (Lipinski definition) is 4. The molecule has 0 fully saturated rings. The average Bonchev–Trinajstić information content (AvgIpc) is 1.19. The van der Waals surface area contributed by atoms with Gasteiger partial charge in [-0.25, -0.2) is 0 Å². The van der Waals surface area contributed by atoms with E-state index in [1.165, 1.54) is 5.57 Å². The molecule has 0 aliphatic rings. The minimum atomic E-state index is -5.17. The molecule has 0 saturated heterocycles. The van der Waals surface area contributed by atoms with E-state index in [9.17, 15) is 0 Å². The maximum absolute atomic E-state index is 8.52. The van der Waals surface area contributed by atoms with E-state index in [0.717, 1.165) is 0 Å². The van der Waals surface area contributed by atoms with Crippen LogP contribution in [0.3, 0.4) is 0 Å². The first-order chi connectivity index (χ1) is 3.73. The summed E-state index contributed by atoms with van der Waals surface area (Å²) in [7, 11) is -5.17. The molecule has 0 aromatic rings. The zero-order valence-corrected chi connectivity index (χ0v) is 11.2. The van der Waals surface area contributed by atoms with E-state index in [4.69, 9.17) is 17.5 Å². The SMILES string of the molecule is C=C(C)C.O=S(=O)([O-])[O-].[Ba+2]. The van der Waals surface area contributed by atoms with Crippen molar-refractivity contribution in [1.29, 1.82) is 0 Å². The predicted octanol–water partition coefficient (Wildman–Crippen LogP) is -0.136. The summed E-state index contributed by atoms with van der Waals surface area (Å²) in [6.07, 6.45) is 0. The second-order valence-corrected chi connectivity index (χ2v) is 2.43. The van der Waals surface area contributed by atoms with Gasteiger partial charge >= 0.3 is 48.9 Å². The molecule has 0 N–H and O–H groups in total. The van der Waals surface area contributed by atoms with Gasteiger partial charge in [0.15, 0.2) is 0 Å². The first-order valence-electron chi connectivity index (χ1n) is 2.02. The average molecular weight is 289 g/mol. The van der Waals surface area contributed by atoms with Crippen LogP contribution in [0, 0.1) is 0 Å². The van der Waals surface area contributed by atoms with E-state index in [1.54, 1.807) is 0 Å². The summed E-state index contributed by atoms with van der Waals surface area (Å²) in [6.45, 7) is 7.50. The van der Waals surface area contributed by atoms with Crippen molar-refractivity contribution in [3.8, 4) is 0 Å². The van der Waals surface area contributed by atoms with Crippen LogP contribution in [0.1, 0.15) is 13.8 Å². The first kappa shape index (κ1) is 17.3. The van der Waals surface area contributed by atoms with Crippen LogP contribution in [0.15, 0.2) is 12.2 Å². The van der Waals surface area contributed by atoms with Crippen LogP contribution in [0.2, 0.25) is 0 Å². The summed E-state index contributed by atoms with van der Waals surface area (Å²) in [5, 5.41) is 0. The van der Waals surface area contributed by atoms with Crippen LogP contribution in [0.5, 0.6) is 0 Å². The molecule has 6 heteroatoms. The van der Waals surface area contributed by atoms with Crippen molar-refractivity contribution in [2.75, 3.05) is 0 Å². The summed E-state index contributed by atoms with van der Waals surface area (Å²) in [5.41, 5.74) is 1.17. The van der Waals surface area contributed by atoms with Crippen LogP contribution in [-0.2, 0) is 10.4 Å². The molecule has 0 saturated carbocycles. The third kappa shape index (κ3) is 440. The fourth-order valence-corrected chi connectivity index (χ4v) is 0. The van der Waals surface area contributed by atoms with Gasteiger partial charge in [-0.15, -0.1) is 6.58 Å². The number of rotatable bonds is 0. The smallest absolute Gasteiger partial charge is 0.759 e. The second kappa shape index (κ2) is 8.28. The van der Waals surface area contributed by atoms with E-state index in [0.29, 0.717) is 0 Å². The van der Waals surface area contributed by atoms with Gasteiger partial charge in [0.1, 0.15) is 0 Å². The van der Waals surface area contributed by atoms with Crippen LogP contribution < -0.4 is 0 Å². The van der Waals surface area contributed by atoms with Crippen molar-refractivity contribution < 1.29 is 17.5 Å². The van der Waals surface area contributed by atoms with Crippen molar-refractivity contribution in [2.45, 2.75) is 13.8 Å². The summed E-state index contributed by atoms with van der Waals surface area (Å²) in [6, 6.07) is 0. The summed E-state index contributed by atoms with van der Waals surface area (Å²) < 4.78 is 34.1. The van der Waals surface area contributed by atoms with Crippen LogP contribution in [-0.4, -0.2) is 66.4 Å². The van der Waals surface area contributed by atoms with Crippen molar-refractivity contribution in [2.24, 2.45) is 0 Å². The Balaban J connectivity index is -0.0000000910. The molecule has 10 heavy (non-hydrogen) atoms. The van der Waals surface area contributed by atoms with Gasteiger partial charge in [0, 0.05) is 10.4 Å². The number of hydrogen-bond donors (Lipinski definition) is 0. The van der Waals surface area contributed by atoms with E-state index in [-0.39, 0.29) is 48.9 Å². The van der Waals surface area contributed by atoms with Crippen LogP contribution >= 0.6 is 0 Å². The summed E-state index contributed by atoms with van der Waals surface area (Å²) in [5.74, 6) is 0. The van der Waals surface area contributed by atoms with Crippen molar-refractivity contribution in [3.05, 3.63) is 12.2 Å². The molecular formula is C4H8BaO4S. The molecule has 0 unspecified atom stereocenters. The maximum atomic E-state index is 8.52. The molecule has 0 aliphatic carbocycles. The zero-order valence-electron chi connectivity index (χ0n) is 5.96. The minimum Gasteiger partial charge on any atom is -0.759 e. The quantitative estimate of drug-likeness (QED) is 0.269. The molecule has 0 rings (SSSR count). The van der Waals surface area contributed by atoms with Crippen LogP contribution in [0.25, 0.3) is 0 Å². The van der Waals surface area contributed by atoms with Gasteiger partial charge in [-0.2, -0.15) is 0 Å². The van der Waals surface area contributed by atoms with Gasteiger partial charge < -0.3 is 9.11 Å². The van der Waals surface area contributed by atoms with E-state index < -0.39 is 10.4 Å². The fourth-order valence-electron chi connectivity index (χ4n) is 0. The molecule has 0 atom stereocenters. The molecule has 56 valence electrons. The zero-order chi connectivity index (χ0) is 8.08. The predicted molar refractivity (Wildman–Crippen MR) is 36.7 cm³/mol. The Kier molecular flexibility index (Phi) is 14.3. The molecular weight excluding hydrogens is 281 g/mol. The third-order valence-electron chi connectivity index (χ3n) is 0. The largest absolute Gasteiger partial charge is 2.00 e. The Bertz CT molecular complexity index is 160. The summed E-state index contributed by atoms with van der Waals surface area (Å²) >= 11 is 0. The molecule has 0 bridgehead atoms. The van der Waals surface area contributed by atoms with E-state index >= 15 is 0 Å². The third-order valence-corrected chi connectivity index (χ3v) is 0. The Labute approximate surface area is 101 Å². The molecule has 0 radical (unpaired) electrons. The van der Waals surface area contributed by atoms with E-state index in [2.05, 4.69) is 6.58 Å². The normalized spacial score (nSPS) is 8.40. The van der Waals surface area contributed by atoms with Gasteiger partial charge in [-0.1, -0.05) is 5.57 Å². The molecule has 0 aromatic heterocycles. The fraction of sp³-hybridized carbons (Fsp3) is 0.500. The topological polar surface area (TPSA) is 80.3 Å². The van der Waals surface area contributed by atoms with Crippen molar-refractivity contribution >= 4 is 59.3 Å². The van der Waals surface area contributed by atoms with Gasteiger partial charge in [-0.3, -0.25) is 8.42 Å². The van der Waals surface area contributed by atoms with Gasteiger partial charge in [0.05, 0.1) is 0 Å². The molecule has 0 spiro atoms. The van der Waals surface area contributed by atoms with Crippen molar-refractivity contribution in [3.63, 3.8) is 0 Å². The van der Waals surface area contributed by atoms with Gasteiger partial charge in [0.2, 0.25) is 0 Å². The van der Waals surface area contributed by atoms with Crippen molar-refractivity contribution in [1.82, 2.24) is 0 Å². The first-order valence-corrected chi connectivity index (χ1v) is 3.35. The Morgan fingerprint density at radius 3 is 1.30 bits per heavy atom. The Morgan fingerprint density at radius 2 is 1.30 bits per heavy atom. The van der Waals surface area contributed by atoms with Gasteiger partial charge in [0.25, 0.3) is 0 Å². The van der Waals surface area contributed by atoms with Gasteiger partial charge in [-0.05, 0) is 13.8 Å². The maximum Gasteiger partial charge on any atom is 2.00 e. The number of allylic oxidation sites excluding steroid dienone is 1. The van der Waals surface area contributed by atoms with E-state index in [1.807, 2.05) is 13.8 Å². The van der Waals surface area contributed by atoms with Crippen LogP contribution in [0.4, 0.5) is 0 Å².